The van der Waals surface area contributed by atoms with Gasteiger partial charge in [0.2, 0.25) is 0 Å². The molecule has 0 saturated heterocycles. The Morgan fingerprint density at radius 2 is 1.14 bits per heavy atom. The predicted octanol–water partition coefficient (Wildman–Crippen LogP) is -2.16. The molecule has 0 aromatic carbocycles. The molecule has 0 aromatic heterocycles. The number of hydrogen-bond acceptors (Lipinski definition) is 4. The maximum atomic E-state index is 8.52. The van der Waals surface area contributed by atoms with Crippen molar-refractivity contribution in [3.63, 3.8) is 0 Å². The normalized spacial score (nSPS) is 8.29. The van der Waals surface area contributed by atoms with Crippen LogP contribution in [0, 0.1) is 49.4 Å². The topological polar surface area (TPSA) is 112 Å². The molecule has 0 unspecified atom stereocenters. The molecule has 0 atom stereocenters. The van der Waals surface area contributed by atoms with Crippen LogP contribution in [-0.2, 0) is 10.4 Å². The van der Waals surface area contributed by atoms with Crippen LogP contribution in [0.5, 0.6) is 0 Å². The van der Waals surface area contributed by atoms with E-state index in [0.29, 0.717) is 0 Å². The summed E-state index contributed by atoms with van der Waals surface area (Å²) in [5.41, 5.74) is 0. The molecule has 45 valence electrons. The van der Waals surface area contributed by atoms with E-state index in [0.717, 1.165) is 0 Å². The summed E-state index contributed by atoms with van der Waals surface area (Å²) in [5.74, 6) is 0. The largest absolute Gasteiger partial charge is 2.00 e. The molecule has 0 rings (SSSR count). The van der Waals surface area contributed by atoms with Crippen molar-refractivity contribution in [2.24, 2.45) is 0 Å². The molecule has 5 nitrogen and oxygen atoms in total. The average Bonchev–Trinajstić information content (AvgIpc) is 0.722. The van der Waals surface area contributed by atoms with Gasteiger partial charge in [-0.1, -0.05) is 0 Å². The summed E-state index contributed by atoms with van der Waals surface area (Å²) in [6.07, 6.45) is 0. The Labute approximate surface area is 81.5 Å². The summed E-state index contributed by atoms with van der Waals surface area (Å²) < 4.78 is 34.1. The minimum absolute atomic E-state index is 0. The molecule has 7 heteroatoms. The van der Waals surface area contributed by atoms with Gasteiger partial charge in [-0.25, -0.2) is 0 Å². The van der Waals surface area contributed by atoms with Crippen molar-refractivity contribution in [1.82, 2.24) is 0 Å². The summed E-state index contributed by atoms with van der Waals surface area (Å²) in [7, 11) is -5.17. The molecule has 1 radical (unpaired) electrons. The molecule has 0 aliphatic heterocycles. The minimum Gasteiger partial charge on any atom is -0.759 e. The number of rotatable bonds is 0. The zero-order valence-electron chi connectivity index (χ0n) is 2.92. The Morgan fingerprint density at radius 3 is 1.14 bits per heavy atom. The molecule has 0 bridgehead atoms. The van der Waals surface area contributed by atoms with Crippen molar-refractivity contribution in [3.8, 4) is 0 Å². The van der Waals surface area contributed by atoms with Gasteiger partial charge in [0.05, 0.1) is 0 Å². The van der Waals surface area contributed by atoms with E-state index < -0.39 is 10.4 Å². The third kappa shape index (κ3) is 109. The smallest absolute Gasteiger partial charge is 0.759 e. The van der Waals surface area contributed by atoms with Gasteiger partial charge in [-0.3, -0.25) is 8.42 Å². The molecule has 0 fully saturated rings. The Morgan fingerprint density at radius 1 is 1.14 bits per heavy atom. The predicted molar refractivity (Wildman–Crippen MR) is 14.1 cm³/mol. The van der Waals surface area contributed by atoms with Crippen molar-refractivity contribution in [2.45, 2.75) is 0 Å². The fraction of sp³-hybridized carbons (Fsp3) is 0. The van der Waals surface area contributed by atoms with Gasteiger partial charge in [0.25, 0.3) is 0 Å². The third-order valence-corrected chi connectivity index (χ3v) is 0. The first kappa shape index (κ1) is 15.8. The van der Waals surface area contributed by atoms with Crippen molar-refractivity contribution >= 4 is 10.4 Å². The van der Waals surface area contributed by atoms with Crippen LogP contribution in [0.3, 0.4) is 0 Å². The Hall–Kier alpha value is 1.41. The molecular formula is H2EuO5S. The second-order valence-electron chi connectivity index (χ2n) is 0.408. The second kappa shape index (κ2) is 5.55. The minimum atomic E-state index is -5.17. The van der Waals surface area contributed by atoms with Gasteiger partial charge in [-0.05, 0) is 0 Å². The number of hydrogen-bond donors (Lipinski definition) is 0. The maximum Gasteiger partial charge on any atom is 2.00 e. The molecule has 0 spiro atoms. The van der Waals surface area contributed by atoms with Crippen molar-refractivity contribution in [1.29, 1.82) is 0 Å². The van der Waals surface area contributed by atoms with E-state index in [2.05, 4.69) is 0 Å². The van der Waals surface area contributed by atoms with Crippen molar-refractivity contribution < 1.29 is 72.4 Å². The fourth-order valence-electron chi connectivity index (χ4n) is 0. The molecular weight excluding hydrogens is 264 g/mol. The fourth-order valence-corrected chi connectivity index (χ4v) is 0. The van der Waals surface area contributed by atoms with Crippen LogP contribution >= 0.6 is 0 Å². The molecule has 0 aliphatic rings. The molecule has 7 heavy (non-hydrogen) atoms. The third-order valence-electron chi connectivity index (χ3n) is 0. The van der Waals surface area contributed by atoms with Gasteiger partial charge in [-0.15, -0.1) is 0 Å². The summed E-state index contributed by atoms with van der Waals surface area (Å²) in [6, 6.07) is 0. The van der Waals surface area contributed by atoms with Crippen LogP contribution in [0.1, 0.15) is 0 Å². The maximum absolute atomic E-state index is 8.52. The van der Waals surface area contributed by atoms with Gasteiger partial charge in [0.1, 0.15) is 0 Å². The molecule has 0 saturated carbocycles. The van der Waals surface area contributed by atoms with Crippen LogP contribution in [0.25, 0.3) is 0 Å². The van der Waals surface area contributed by atoms with Gasteiger partial charge < -0.3 is 14.6 Å². The Kier molecular flexibility index (Phi) is 12.5. The van der Waals surface area contributed by atoms with Crippen LogP contribution in [0.15, 0.2) is 0 Å². The van der Waals surface area contributed by atoms with E-state index in [1.54, 1.807) is 0 Å². The van der Waals surface area contributed by atoms with Gasteiger partial charge in [0.15, 0.2) is 0 Å². The first-order valence-corrected chi connectivity index (χ1v) is 2.00. The quantitative estimate of drug-likeness (QED) is 0.367. The summed E-state index contributed by atoms with van der Waals surface area (Å²) in [4.78, 5) is 0. The monoisotopic (exact) mass is 267 g/mol. The molecule has 2 N–H and O–H groups in total. The summed E-state index contributed by atoms with van der Waals surface area (Å²) in [6.45, 7) is 0. The molecule has 0 amide bonds. The van der Waals surface area contributed by atoms with Gasteiger partial charge >= 0.3 is 49.4 Å². The van der Waals surface area contributed by atoms with E-state index in [-0.39, 0.29) is 54.9 Å². The van der Waals surface area contributed by atoms with E-state index in [1.165, 1.54) is 0 Å². The molecule has 0 aromatic rings. The zero-order valence-corrected chi connectivity index (χ0v) is 6.16. The van der Waals surface area contributed by atoms with Crippen LogP contribution < -0.4 is 0 Å². The standard InChI is InChI=1S/Eu.H2O4S.H2O/c;1-5(2,3)4;/h;(H2,1,2,3,4);1H2/q+2;;/p-2. The Balaban J connectivity index is -0.0000000800. The van der Waals surface area contributed by atoms with Gasteiger partial charge in [-0.2, -0.15) is 0 Å². The van der Waals surface area contributed by atoms with E-state index in [4.69, 9.17) is 17.5 Å². The van der Waals surface area contributed by atoms with Crippen molar-refractivity contribution in [3.05, 3.63) is 0 Å². The van der Waals surface area contributed by atoms with E-state index in [9.17, 15) is 0 Å². The summed E-state index contributed by atoms with van der Waals surface area (Å²) >= 11 is 0. The van der Waals surface area contributed by atoms with Crippen LogP contribution in [-0.4, -0.2) is 23.0 Å². The van der Waals surface area contributed by atoms with E-state index in [1.807, 2.05) is 0 Å². The summed E-state index contributed by atoms with van der Waals surface area (Å²) in [5, 5.41) is 0. The van der Waals surface area contributed by atoms with Gasteiger partial charge in [0, 0.05) is 10.4 Å². The first-order chi connectivity index (χ1) is 2.00. The first-order valence-electron chi connectivity index (χ1n) is 0.667. The Bertz CT molecular complexity index is 91.2. The van der Waals surface area contributed by atoms with Crippen LogP contribution in [0.4, 0.5) is 0 Å². The average molecular weight is 266 g/mol. The molecule has 0 heterocycles. The van der Waals surface area contributed by atoms with E-state index >= 15 is 0 Å². The SMILES string of the molecule is O.O=S(=O)([O-])[O-].[Eu+2]. The van der Waals surface area contributed by atoms with Crippen molar-refractivity contribution in [2.75, 3.05) is 0 Å². The van der Waals surface area contributed by atoms with Crippen LogP contribution in [0.2, 0.25) is 0 Å². The zero-order chi connectivity index (χ0) is 4.50. The molecule has 0 aliphatic carbocycles. The second-order valence-corrected chi connectivity index (χ2v) is 1.22.